The van der Waals surface area contributed by atoms with Gasteiger partial charge in [0.2, 0.25) is 0 Å². The second kappa shape index (κ2) is 9.61. The monoisotopic (exact) mass is 510 g/mol. The molecule has 0 spiro atoms. The number of alkyl halides is 3. The number of anilines is 1. The Kier molecular flexibility index (Phi) is 6.47. The second-order valence-electron chi connectivity index (χ2n) is 9.57. The van der Waals surface area contributed by atoms with Gasteiger partial charge >= 0.3 is 6.18 Å². The zero-order valence-electron chi connectivity index (χ0n) is 20.5. The Balaban J connectivity index is 1.53. The van der Waals surface area contributed by atoms with E-state index >= 15 is 0 Å². The predicted molar refractivity (Wildman–Crippen MR) is 134 cm³/mol. The minimum absolute atomic E-state index is 0.125. The molecule has 1 aliphatic rings. The molecule has 0 N–H and O–H groups in total. The van der Waals surface area contributed by atoms with E-state index in [9.17, 15) is 22.4 Å². The van der Waals surface area contributed by atoms with Crippen LogP contribution in [0.1, 0.15) is 46.7 Å². The summed E-state index contributed by atoms with van der Waals surface area (Å²) in [6.45, 7) is 4.48. The molecule has 0 bridgehead atoms. The number of fused-ring (bicyclic) bond motifs is 1. The molecule has 0 aliphatic carbocycles. The van der Waals surface area contributed by atoms with E-state index in [-0.39, 0.29) is 29.5 Å². The van der Waals surface area contributed by atoms with Gasteiger partial charge in [0.25, 0.3) is 5.56 Å². The van der Waals surface area contributed by atoms with Crippen LogP contribution >= 0.6 is 0 Å². The van der Waals surface area contributed by atoms with Gasteiger partial charge in [0.05, 0.1) is 34.5 Å². The predicted octanol–water partition coefficient (Wildman–Crippen LogP) is 6.00. The van der Waals surface area contributed by atoms with Gasteiger partial charge in [-0.25, -0.2) is 4.39 Å². The zero-order valence-corrected chi connectivity index (χ0v) is 20.5. The molecule has 4 aromatic rings. The highest BCUT2D eigenvalue weighted by Crippen LogP contribution is 2.34. The number of para-hydroxylation sites is 1. The van der Waals surface area contributed by atoms with Crippen molar-refractivity contribution in [1.82, 2.24) is 14.5 Å². The third-order valence-electron chi connectivity index (χ3n) is 7.05. The van der Waals surface area contributed by atoms with E-state index in [0.29, 0.717) is 48.2 Å². The van der Waals surface area contributed by atoms with Crippen LogP contribution in [0.2, 0.25) is 0 Å². The molecular weight excluding hydrogens is 484 g/mol. The molecule has 0 saturated carbocycles. The number of piperidine rings is 1. The van der Waals surface area contributed by atoms with E-state index in [1.165, 1.54) is 22.9 Å². The Hall–Kier alpha value is -3.75. The molecular formula is C28H26F4N4O. The van der Waals surface area contributed by atoms with Crippen LogP contribution in [-0.2, 0) is 12.7 Å². The van der Waals surface area contributed by atoms with Crippen LogP contribution in [0.25, 0.3) is 11.0 Å². The van der Waals surface area contributed by atoms with Gasteiger partial charge in [0, 0.05) is 31.0 Å². The zero-order chi connectivity index (χ0) is 26.3. The number of halogens is 4. The molecule has 0 atom stereocenters. The maximum atomic E-state index is 14.5. The summed E-state index contributed by atoms with van der Waals surface area (Å²) in [5, 5.41) is 0. The fourth-order valence-corrected chi connectivity index (χ4v) is 5.23. The number of hydrogen-bond donors (Lipinski definition) is 0. The number of aryl methyl sites for hydroxylation is 2. The highest BCUT2D eigenvalue weighted by atomic mass is 19.4. The largest absolute Gasteiger partial charge is 0.418 e. The summed E-state index contributed by atoms with van der Waals surface area (Å²) < 4.78 is 56.9. The Morgan fingerprint density at radius 3 is 2.49 bits per heavy atom. The van der Waals surface area contributed by atoms with Crippen LogP contribution in [0, 0.1) is 19.7 Å². The lowest BCUT2D eigenvalue weighted by atomic mass is 9.89. The number of rotatable bonds is 4. The fourth-order valence-electron chi connectivity index (χ4n) is 5.23. The SMILES string of the molecule is Cc1cnc2cc(C3CCN(c4c(C)cccc4F)CC3)c(=O)n(Cc3ncccc3C(F)(F)F)c2c1. The Bertz CT molecular complexity index is 1500. The van der Waals surface area contributed by atoms with Crippen LogP contribution in [0.3, 0.4) is 0 Å². The third-order valence-corrected chi connectivity index (χ3v) is 7.05. The van der Waals surface area contributed by atoms with Gasteiger partial charge in [-0.05, 0) is 74.1 Å². The maximum Gasteiger partial charge on any atom is 0.418 e. The first-order valence-corrected chi connectivity index (χ1v) is 12.1. The average Bonchev–Trinajstić information content (AvgIpc) is 2.86. The molecule has 0 radical (unpaired) electrons. The van der Waals surface area contributed by atoms with Crippen LogP contribution < -0.4 is 10.5 Å². The van der Waals surface area contributed by atoms with E-state index in [4.69, 9.17) is 0 Å². The van der Waals surface area contributed by atoms with Gasteiger partial charge < -0.3 is 9.47 Å². The van der Waals surface area contributed by atoms with Crippen LogP contribution in [-0.4, -0.2) is 27.6 Å². The quantitative estimate of drug-likeness (QED) is 0.316. The molecule has 4 heterocycles. The van der Waals surface area contributed by atoms with Gasteiger partial charge in [-0.3, -0.25) is 14.8 Å². The summed E-state index contributed by atoms with van der Waals surface area (Å²) in [6.07, 6.45) is -0.403. The van der Waals surface area contributed by atoms with E-state index in [1.807, 2.05) is 24.8 Å². The first-order valence-electron chi connectivity index (χ1n) is 12.1. The Morgan fingerprint density at radius 2 is 1.78 bits per heavy atom. The van der Waals surface area contributed by atoms with Crippen molar-refractivity contribution >= 4 is 16.7 Å². The van der Waals surface area contributed by atoms with Crippen LogP contribution in [0.5, 0.6) is 0 Å². The number of benzene rings is 1. The van der Waals surface area contributed by atoms with Crippen molar-refractivity contribution < 1.29 is 17.6 Å². The van der Waals surface area contributed by atoms with Crippen molar-refractivity contribution in [2.24, 2.45) is 0 Å². The molecule has 0 unspecified atom stereocenters. The molecule has 1 saturated heterocycles. The third kappa shape index (κ3) is 4.82. The molecule has 1 fully saturated rings. The van der Waals surface area contributed by atoms with Crippen molar-refractivity contribution in [2.45, 2.75) is 45.3 Å². The first kappa shape index (κ1) is 24.9. The van der Waals surface area contributed by atoms with Gasteiger partial charge in [-0.1, -0.05) is 12.1 Å². The van der Waals surface area contributed by atoms with Crippen molar-refractivity contribution in [3.63, 3.8) is 0 Å². The van der Waals surface area contributed by atoms with Crippen molar-refractivity contribution in [3.8, 4) is 0 Å². The molecule has 0 amide bonds. The molecule has 5 nitrogen and oxygen atoms in total. The summed E-state index contributed by atoms with van der Waals surface area (Å²) in [6, 6.07) is 10.7. The highest BCUT2D eigenvalue weighted by molar-refractivity contribution is 5.76. The molecule has 1 aromatic carbocycles. The standard InChI is InChI=1S/C28H26F4N4O/c1-17-13-25-23(34-15-17)14-20(19-8-11-35(12-9-19)26-18(2)5-3-7-22(26)29)27(37)36(25)16-24-21(28(30,31)32)6-4-10-33-24/h3-7,10,13-15,19H,8-9,11-12,16H2,1-2H3. The summed E-state index contributed by atoms with van der Waals surface area (Å²) in [7, 11) is 0. The number of hydrogen-bond acceptors (Lipinski definition) is 4. The summed E-state index contributed by atoms with van der Waals surface area (Å²) >= 11 is 0. The lowest BCUT2D eigenvalue weighted by Gasteiger charge is -2.34. The van der Waals surface area contributed by atoms with Gasteiger partial charge in [-0.15, -0.1) is 0 Å². The van der Waals surface area contributed by atoms with Crippen LogP contribution in [0.4, 0.5) is 23.2 Å². The van der Waals surface area contributed by atoms with Gasteiger partial charge in [-0.2, -0.15) is 13.2 Å². The smallest absolute Gasteiger partial charge is 0.369 e. The Morgan fingerprint density at radius 1 is 1.03 bits per heavy atom. The van der Waals surface area contributed by atoms with Crippen molar-refractivity contribution in [1.29, 1.82) is 0 Å². The van der Waals surface area contributed by atoms with Gasteiger partial charge in [0.1, 0.15) is 5.82 Å². The van der Waals surface area contributed by atoms with E-state index in [1.54, 1.807) is 24.4 Å². The minimum Gasteiger partial charge on any atom is -0.369 e. The van der Waals surface area contributed by atoms with Crippen molar-refractivity contribution in [3.05, 3.63) is 99.0 Å². The maximum absolute atomic E-state index is 14.5. The second-order valence-corrected chi connectivity index (χ2v) is 9.57. The van der Waals surface area contributed by atoms with Crippen LogP contribution in [0.15, 0.2) is 59.7 Å². The van der Waals surface area contributed by atoms with E-state index in [2.05, 4.69) is 9.97 Å². The number of nitrogens with zero attached hydrogens (tertiary/aromatic N) is 4. The molecule has 9 heteroatoms. The fraction of sp³-hybridized carbons (Fsp3) is 0.321. The minimum atomic E-state index is -4.59. The Labute approximate surface area is 211 Å². The summed E-state index contributed by atoms with van der Waals surface area (Å²) in [5.41, 5.74) is 2.29. The topological polar surface area (TPSA) is 51.0 Å². The normalized spacial score (nSPS) is 14.9. The first-order chi connectivity index (χ1) is 17.6. The van der Waals surface area contributed by atoms with E-state index in [0.717, 1.165) is 17.2 Å². The molecule has 5 rings (SSSR count). The number of pyridine rings is 3. The molecule has 3 aromatic heterocycles. The van der Waals surface area contributed by atoms with Crippen molar-refractivity contribution in [2.75, 3.05) is 18.0 Å². The highest BCUT2D eigenvalue weighted by Gasteiger charge is 2.34. The molecule has 37 heavy (non-hydrogen) atoms. The summed E-state index contributed by atoms with van der Waals surface area (Å²) in [5.74, 6) is -0.401. The molecule has 192 valence electrons. The number of aromatic nitrogens is 3. The summed E-state index contributed by atoms with van der Waals surface area (Å²) in [4.78, 5) is 24.2. The lowest BCUT2D eigenvalue weighted by molar-refractivity contribution is -0.138. The lowest BCUT2D eigenvalue weighted by Crippen LogP contribution is -2.36. The molecule has 1 aliphatic heterocycles. The van der Waals surface area contributed by atoms with E-state index < -0.39 is 11.7 Å². The van der Waals surface area contributed by atoms with Gasteiger partial charge in [0.15, 0.2) is 0 Å². The average molecular weight is 511 g/mol.